The summed E-state index contributed by atoms with van der Waals surface area (Å²) < 4.78 is 10.8. The highest BCUT2D eigenvalue weighted by molar-refractivity contribution is 6.24. The lowest BCUT2D eigenvalue weighted by Crippen LogP contribution is -2.53. The molecule has 2 heterocycles. The first kappa shape index (κ1) is 23.8. The number of benzene rings is 3. The second kappa shape index (κ2) is 9.24. The summed E-state index contributed by atoms with van der Waals surface area (Å²) in [7, 11) is 1.30. The Kier molecular flexibility index (Phi) is 6.10. The van der Waals surface area contributed by atoms with E-state index in [-0.39, 0.29) is 5.91 Å². The van der Waals surface area contributed by atoms with Gasteiger partial charge in [0.15, 0.2) is 5.54 Å². The van der Waals surface area contributed by atoms with Crippen molar-refractivity contribution >= 4 is 23.5 Å². The Morgan fingerprint density at radius 2 is 1.61 bits per heavy atom. The third kappa shape index (κ3) is 3.50. The number of anilines is 1. The van der Waals surface area contributed by atoms with Crippen LogP contribution in [0.25, 0.3) is 0 Å². The van der Waals surface area contributed by atoms with Gasteiger partial charge in [0.2, 0.25) is 11.8 Å². The maximum Gasteiger partial charge on any atom is 0.331 e. The van der Waals surface area contributed by atoms with Crippen LogP contribution in [0.5, 0.6) is 5.75 Å². The quantitative estimate of drug-likeness (QED) is 0.422. The summed E-state index contributed by atoms with van der Waals surface area (Å²) in [5, 5.41) is 3.43. The van der Waals surface area contributed by atoms with Crippen LogP contribution < -0.4 is 15.0 Å². The molecule has 0 aromatic heterocycles. The second-order valence-electron chi connectivity index (χ2n) is 9.09. The smallest absolute Gasteiger partial charge is 0.331 e. The molecule has 2 aliphatic heterocycles. The van der Waals surface area contributed by atoms with E-state index >= 15 is 0 Å². The first-order chi connectivity index (χ1) is 17.4. The molecule has 0 spiro atoms. The zero-order valence-electron chi connectivity index (χ0n) is 20.4. The second-order valence-corrected chi connectivity index (χ2v) is 9.09. The maximum absolute atomic E-state index is 14.1. The Balaban J connectivity index is 1.69. The minimum absolute atomic E-state index is 0.350. The lowest BCUT2D eigenvalue weighted by Gasteiger charge is -2.33. The van der Waals surface area contributed by atoms with Gasteiger partial charge in [0.05, 0.1) is 31.2 Å². The van der Waals surface area contributed by atoms with Gasteiger partial charge in [0.1, 0.15) is 5.75 Å². The molecular formula is C29H28N2O5. The Bertz CT molecular complexity index is 1310. The largest absolute Gasteiger partial charge is 0.494 e. The molecule has 7 nitrogen and oxygen atoms in total. The fraction of sp³-hybridized carbons (Fsp3) is 0.276. The predicted octanol–water partition coefficient (Wildman–Crippen LogP) is 3.91. The van der Waals surface area contributed by atoms with E-state index in [0.717, 1.165) is 11.1 Å². The van der Waals surface area contributed by atoms with Crippen LogP contribution in [0.15, 0.2) is 78.9 Å². The van der Waals surface area contributed by atoms with Crippen molar-refractivity contribution < 1.29 is 23.9 Å². The molecule has 3 aromatic rings. The first-order valence-corrected chi connectivity index (χ1v) is 12.0. The minimum Gasteiger partial charge on any atom is -0.494 e. The van der Waals surface area contributed by atoms with E-state index in [1.54, 1.807) is 36.4 Å². The molecule has 2 amide bonds. The summed E-state index contributed by atoms with van der Waals surface area (Å²) in [6, 6.07) is 23.0. The van der Waals surface area contributed by atoms with Crippen LogP contribution in [0.4, 0.5) is 5.69 Å². The highest BCUT2D eigenvalue weighted by Crippen LogP contribution is 2.54. The number of aryl methyl sites for hydroxylation is 1. The van der Waals surface area contributed by atoms with Crippen LogP contribution in [0.2, 0.25) is 0 Å². The molecule has 5 rings (SSSR count). The van der Waals surface area contributed by atoms with Gasteiger partial charge in [-0.05, 0) is 54.8 Å². The SMILES string of the molecule is CCOc1ccc(N2C(=O)[C@H]3[C@@H](C2=O)[C@](C(=O)OC)(c2ccccc2)N[C@H]3c2ccccc2C)cc1. The van der Waals surface area contributed by atoms with Gasteiger partial charge in [-0.15, -0.1) is 0 Å². The number of ether oxygens (including phenoxy) is 2. The van der Waals surface area contributed by atoms with E-state index < -0.39 is 35.3 Å². The van der Waals surface area contributed by atoms with Gasteiger partial charge < -0.3 is 9.47 Å². The van der Waals surface area contributed by atoms with Crippen molar-refractivity contribution in [1.29, 1.82) is 0 Å². The Labute approximate surface area is 210 Å². The molecular weight excluding hydrogens is 456 g/mol. The number of carbonyl (C=O) groups is 3. The summed E-state index contributed by atoms with van der Waals surface area (Å²) in [6.45, 7) is 4.35. The fourth-order valence-electron chi connectivity index (χ4n) is 5.66. The van der Waals surface area contributed by atoms with Crippen molar-refractivity contribution in [2.45, 2.75) is 25.4 Å². The molecule has 0 saturated carbocycles. The lowest BCUT2D eigenvalue weighted by molar-refractivity contribution is -0.152. The molecule has 0 radical (unpaired) electrons. The zero-order valence-corrected chi connectivity index (χ0v) is 20.4. The Morgan fingerprint density at radius 1 is 0.944 bits per heavy atom. The van der Waals surface area contributed by atoms with Gasteiger partial charge in [-0.2, -0.15) is 0 Å². The molecule has 7 heteroatoms. The van der Waals surface area contributed by atoms with Gasteiger partial charge >= 0.3 is 5.97 Å². The number of methoxy groups -OCH3 is 1. The van der Waals surface area contributed by atoms with E-state index in [9.17, 15) is 14.4 Å². The first-order valence-electron chi connectivity index (χ1n) is 12.0. The number of fused-ring (bicyclic) bond motifs is 1. The van der Waals surface area contributed by atoms with Gasteiger partial charge in [-0.3, -0.25) is 14.9 Å². The number of nitrogens with one attached hydrogen (secondary N) is 1. The zero-order chi connectivity index (χ0) is 25.4. The van der Waals surface area contributed by atoms with Crippen LogP contribution in [0, 0.1) is 18.8 Å². The van der Waals surface area contributed by atoms with Gasteiger partial charge in [-0.25, -0.2) is 9.69 Å². The van der Waals surface area contributed by atoms with Crippen molar-refractivity contribution in [2.75, 3.05) is 18.6 Å². The fourth-order valence-corrected chi connectivity index (χ4v) is 5.66. The number of nitrogens with zero attached hydrogens (tertiary/aromatic N) is 1. The molecule has 4 atom stereocenters. The summed E-state index contributed by atoms with van der Waals surface area (Å²) >= 11 is 0. The number of amides is 2. The van der Waals surface area contributed by atoms with Crippen molar-refractivity contribution in [2.24, 2.45) is 11.8 Å². The number of rotatable bonds is 6. The number of carbonyl (C=O) groups excluding carboxylic acids is 3. The number of hydrogen-bond acceptors (Lipinski definition) is 6. The van der Waals surface area contributed by atoms with Crippen molar-refractivity contribution in [3.63, 3.8) is 0 Å². The van der Waals surface area contributed by atoms with Gasteiger partial charge in [0.25, 0.3) is 0 Å². The molecule has 3 aromatic carbocycles. The average molecular weight is 485 g/mol. The average Bonchev–Trinajstić information content (AvgIpc) is 3.39. The number of imide groups is 1. The highest BCUT2D eigenvalue weighted by atomic mass is 16.5. The number of esters is 1. The normalized spacial score (nSPS) is 25.1. The van der Waals surface area contributed by atoms with Crippen molar-refractivity contribution in [3.05, 3.63) is 95.6 Å². The molecule has 2 fully saturated rings. The Hall–Kier alpha value is -3.97. The molecule has 36 heavy (non-hydrogen) atoms. The highest BCUT2D eigenvalue weighted by Gasteiger charge is 2.69. The van der Waals surface area contributed by atoms with Gasteiger partial charge in [-0.1, -0.05) is 54.6 Å². The van der Waals surface area contributed by atoms with E-state index in [4.69, 9.17) is 9.47 Å². The van der Waals surface area contributed by atoms with Crippen molar-refractivity contribution in [1.82, 2.24) is 5.32 Å². The molecule has 0 unspecified atom stereocenters. The monoisotopic (exact) mass is 484 g/mol. The molecule has 0 bridgehead atoms. The number of hydrogen-bond donors (Lipinski definition) is 1. The van der Waals surface area contributed by atoms with E-state index in [1.807, 2.05) is 56.3 Å². The van der Waals surface area contributed by atoms with Crippen LogP contribution in [-0.2, 0) is 24.7 Å². The van der Waals surface area contributed by atoms with Crippen LogP contribution >= 0.6 is 0 Å². The third-order valence-corrected chi connectivity index (χ3v) is 7.23. The summed E-state index contributed by atoms with van der Waals surface area (Å²) in [4.78, 5) is 42.9. The Morgan fingerprint density at radius 3 is 2.25 bits per heavy atom. The van der Waals surface area contributed by atoms with Crippen molar-refractivity contribution in [3.8, 4) is 5.75 Å². The lowest BCUT2D eigenvalue weighted by atomic mass is 9.75. The summed E-state index contributed by atoms with van der Waals surface area (Å²) in [5.41, 5.74) is 1.32. The standard InChI is InChI=1S/C29H28N2O5/c1-4-36-21-16-14-20(15-17-21)31-26(32)23-24(27(31)33)29(28(34)35-3,19-11-6-5-7-12-19)30-25(23)22-13-9-8-10-18(22)2/h5-17,23-25,30H,4H2,1-3H3/t23-,24-,25-,29-/m0/s1. The molecule has 2 aliphatic rings. The predicted molar refractivity (Wildman–Crippen MR) is 134 cm³/mol. The maximum atomic E-state index is 14.1. The molecule has 0 aliphatic carbocycles. The minimum atomic E-state index is -1.53. The van der Waals surface area contributed by atoms with Gasteiger partial charge in [0, 0.05) is 6.04 Å². The molecule has 2 saturated heterocycles. The summed E-state index contributed by atoms with van der Waals surface area (Å²) in [5.74, 6) is -2.54. The third-order valence-electron chi connectivity index (χ3n) is 7.23. The molecule has 184 valence electrons. The summed E-state index contributed by atoms with van der Waals surface area (Å²) in [6.07, 6.45) is 0. The van der Waals surface area contributed by atoms with Crippen LogP contribution in [0.1, 0.15) is 29.7 Å². The topological polar surface area (TPSA) is 84.9 Å². The van der Waals surface area contributed by atoms with E-state index in [2.05, 4.69) is 5.32 Å². The van der Waals surface area contributed by atoms with E-state index in [1.165, 1.54) is 12.0 Å². The van der Waals surface area contributed by atoms with Crippen LogP contribution in [-0.4, -0.2) is 31.5 Å². The van der Waals surface area contributed by atoms with Crippen LogP contribution in [0.3, 0.4) is 0 Å². The van der Waals surface area contributed by atoms with E-state index in [0.29, 0.717) is 23.6 Å². The molecule has 1 N–H and O–H groups in total.